The molecule has 0 saturated heterocycles. The summed E-state index contributed by atoms with van der Waals surface area (Å²) in [5.74, 6) is -0.215. The lowest BCUT2D eigenvalue weighted by molar-refractivity contribution is 0.0525. The minimum absolute atomic E-state index is 0.215. The van der Waals surface area contributed by atoms with E-state index in [0.29, 0.717) is 12.2 Å². The summed E-state index contributed by atoms with van der Waals surface area (Å²) in [4.78, 5) is 11.6. The van der Waals surface area contributed by atoms with Crippen LogP contribution >= 0.6 is 0 Å². The number of hydrogen-bond acceptors (Lipinski definition) is 2. The van der Waals surface area contributed by atoms with Gasteiger partial charge < -0.3 is 9.30 Å². The molecule has 0 bridgehead atoms. The highest BCUT2D eigenvalue weighted by Gasteiger charge is 2.15. The Morgan fingerprint density at radius 3 is 2.60 bits per heavy atom. The lowest BCUT2D eigenvalue weighted by atomic mass is 10.2. The third-order valence-corrected chi connectivity index (χ3v) is 2.62. The Kier molecular flexibility index (Phi) is 3.95. The second-order valence-corrected chi connectivity index (χ2v) is 3.67. The van der Waals surface area contributed by atoms with Crippen molar-refractivity contribution in [3.63, 3.8) is 0 Å². The molecule has 0 aliphatic rings. The van der Waals surface area contributed by atoms with Crippen molar-refractivity contribution in [3.05, 3.63) is 23.0 Å². The zero-order valence-corrected chi connectivity index (χ0v) is 9.96. The summed E-state index contributed by atoms with van der Waals surface area (Å²) in [7, 11) is 0. The molecule has 0 amide bonds. The molecule has 1 aromatic rings. The third-order valence-electron chi connectivity index (χ3n) is 2.62. The number of esters is 1. The van der Waals surface area contributed by atoms with E-state index >= 15 is 0 Å². The summed E-state index contributed by atoms with van der Waals surface area (Å²) in [5.41, 5.74) is 2.88. The topological polar surface area (TPSA) is 31.2 Å². The predicted octanol–water partition coefficient (Wildman–Crippen LogP) is 2.69. The van der Waals surface area contributed by atoms with Gasteiger partial charge in [0, 0.05) is 18.4 Å². The molecule has 0 radical (unpaired) electrons. The van der Waals surface area contributed by atoms with E-state index in [2.05, 4.69) is 11.5 Å². The van der Waals surface area contributed by atoms with Crippen LogP contribution in [-0.4, -0.2) is 17.1 Å². The highest BCUT2D eigenvalue weighted by molar-refractivity contribution is 5.91. The lowest BCUT2D eigenvalue weighted by Crippen LogP contribution is -2.04. The quantitative estimate of drug-likeness (QED) is 0.714. The molecule has 0 N–H and O–H groups in total. The monoisotopic (exact) mass is 209 g/mol. The molecule has 1 heterocycles. The number of aryl methyl sites for hydroxylation is 1. The first-order valence-electron chi connectivity index (χ1n) is 5.45. The van der Waals surface area contributed by atoms with Gasteiger partial charge in [0.2, 0.25) is 0 Å². The van der Waals surface area contributed by atoms with Crippen LogP contribution in [0.1, 0.15) is 41.9 Å². The van der Waals surface area contributed by atoms with Gasteiger partial charge in [-0.2, -0.15) is 0 Å². The highest BCUT2D eigenvalue weighted by atomic mass is 16.5. The van der Waals surface area contributed by atoms with Crippen LogP contribution in [0.2, 0.25) is 0 Å². The smallest absolute Gasteiger partial charge is 0.339 e. The van der Waals surface area contributed by atoms with Crippen molar-refractivity contribution in [1.82, 2.24) is 4.57 Å². The maximum absolute atomic E-state index is 11.6. The van der Waals surface area contributed by atoms with E-state index in [4.69, 9.17) is 4.74 Å². The standard InChI is InChI=1S/C12H19NO2/c1-5-7-13-8-11(9(3)10(13)4)12(14)15-6-2/h8H,5-7H2,1-4H3. The van der Waals surface area contributed by atoms with E-state index in [0.717, 1.165) is 24.2 Å². The van der Waals surface area contributed by atoms with E-state index in [9.17, 15) is 4.79 Å². The Bertz CT molecular complexity index is 353. The number of rotatable bonds is 4. The first kappa shape index (κ1) is 11.8. The molecule has 0 spiro atoms. The van der Waals surface area contributed by atoms with Crippen molar-refractivity contribution < 1.29 is 9.53 Å². The Morgan fingerprint density at radius 1 is 1.40 bits per heavy atom. The second kappa shape index (κ2) is 5.01. The molecule has 3 heteroatoms. The number of nitrogens with zero attached hydrogens (tertiary/aromatic N) is 1. The van der Waals surface area contributed by atoms with Gasteiger partial charge in [-0.25, -0.2) is 4.79 Å². The largest absolute Gasteiger partial charge is 0.462 e. The number of carbonyl (C=O) groups is 1. The summed E-state index contributed by atoms with van der Waals surface area (Å²) < 4.78 is 7.12. The highest BCUT2D eigenvalue weighted by Crippen LogP contribution is 2.17. The average Bonchev–Trinajstić information content (AvgIpc) is 2.47. The van der Waals surface area contributed by atoms with Crippen LogP contribution in [0.25, 0.3) is 0 Å². The maximum atomic E-state index is 11.6. The minimum Gasteiger partial charge on any atom is -0.462 e. The van der Waals surface area contributed by atoms with Crippen molar-refractivity contribution in [2.45, 2.75) is 40.7 Å². The molecule has 0 fully saturated rings. The van der Waals surface area contributed by atoms with Gasteiger partial charge in [-0.1, -0.05) is 6.92 Å². The van der Waals surface area contributed by atoms with Gasteiger partial charge >= 0.3 is 5.97 Å². The van der Waals surface area contributed by atoms with Gasteiger partial charge in [-0.05, 0) is 32.8 Å². The Morgan fingerprint density at radius 2 is 2.07 bits per heavy atom. The van der Waals surface area contributed by atoms with Crippen LogP contribution in [0.4, 0.5) is 0 Å². The molecule has 0 aromatic carbocycles. The van der Waals surface area contributed by atoms with Crippen LogP contribution in [0, 0.1) is 13.8 Å². The molecular formula is C12H19NO2. The summed E-state index contributed by atoms with van der Waals surface area (Å²) in [6.07, 6.45) is 2.96. The number of ether oxygens (including phenoxy) is 1. The predicted molar refractivity (Wildman–Crippen MR) is 60.2 cm³/mol. The maximum Gasteiger partial charge on any atom is 0.339 e. The van der Waals surface area contributed by atoms with E-state index < -0.39 is 0 Å². The van der Waals surface area contributed by atoms with Crippen molar-refractivity contribution in [2.24, 2.45) is 0 Å². The molecule has 1 aromatic heterocycles. The van der Waals surface area contributed by atoms with Crippen molar-refractivity contribution in [1.29, 1.82) is 0 Å². The lowest BCUT2D eigenvalue weighted by Gasteiger charge is -2.02. The molecule has 84 valence electrons. The average molecular weight is 209 g/mol. The molecule has 1 rings (SSSR count). The first-order valence-corrected chi connectivity index (χ1v) is 5.45. The molecule has 0 atom stereocenters. The Labute approximate surface area is 91.0 Å². The summed E-state index contributed by atoms with van der Waals surface area (Å²) in [5, 5.41) is 0. The van der Waals surface area contributed by atoms with Crippen molar-refractivity contribution >= 4 is 5.97 Å². The van der Waals surface area contributed by atoms with Crippen molar-refractivity contribution in [2.75, 3.05) is 6.61 Å². The Hall–Kier alpha value is -1.25. The summed E-state index contributed by atoms with van der Waals surface area (Å²) >= 11 is 0. The Balaban J connectivity index is 2.99. The summed E-state index contributed by atoms with van der Waals surface area (Å²) in [6, 6.07) is 0. The summed E-state index contributed by atoms with van der Waals surface area (Å²) in [6.45, 7) is 9.33. The van der Waals surface area contributed by atoms with Crippen LogP contribution in [0.3, 0.4) is 0 Å². The zero-order valence-electron chi connectivity index (χ0n) is 9.96. The van der Waals surface area contributed by atoms with Crippen LogP contribution in [-0.2, 0) is 11.3 Å². The fourth-order valence-corrected chi connectivity index (χ4v) is 1.65. The molecule has 0 aliphatic heterocycles. The normalized spacial score (nSPS) is 10.4. The van der Waals surface area contributed by atoms with E-state index in [-0.39, 0.29) is 5.97 Å². The van der Waals surface area contributed by atoms with E-state index in [1.807, 2.05) is 27.0 Å². The molecular weight excluding hydrogens is 190 g/mol. The number of aromatic nitrogens is 1. The van der Waals surface area contributed by atoms with Gasteiger partial charge in [0.05, 0.1) is 12.2 Å². The van der Waals surface area contributed by atoms with E-state index in [1.54, 1.807) is 0 Å². The van der Waals surface area contributed by atoms with E-state index in [1.165, 1.54) is 0 Å². The SMILES string of the molecule is CCCn1cc(C(=O)OCC)c(C)c1C. The molecule has 15 heavy (non-hydrogen) atoms. The molecule has 3 nitrogen and oxygen atoms in total. The van der Waals surface area contributed by atoms with Gasteiger partial charge in [0.15, 0.2) is 0 Å². The third kappa shape index (κ3) is 2.41. The second-order valence-electron chi connectivity index (χ2n) is 3.67. The van der Waals surface area contributed by atoms with Crippen LogP contribution < -0.4 is 0 Å². The minimum atomic E-state index is -0.215. The van der Waals surface area contributed by atoms with Crippen LogP contribution in [0.15, 0.2) is 6.20 Å². The fourth-order valence-electron chi connectivity index (χ4n) is 1.65. The fraction of sp³-hybridized carbons (Fsp3) is 0.583. The number of hydrogen-bond donors (Lipinski definition) is 0. The molecule has 0 saturated carbocycles. The zero-order chi connectivity index (χ0) is 11.4. The molecule has 0 aliphatic carbocycles. The number of carbonyl (C=O) groups excluding carboxylic acids is 1. The van der Waals surface area contributed by atoms with Gasteiger partial charge in [0.1, 0.15) is 0 Å². The van der Waals surface area contributed by atoms with Gasteiger partial charge in [0.25, 0.3) is 0 Å². The van der Waals surface area contributed by atoms with Crippen molar-refractivity contribution in [3.8, 4) is 0 Å². The van der Waals surface area contributed by atoms with Crippen LogP contribution in [0.5, 0.6) is 0 Å². The first-order chi connectivity index (χ1) is 7.11. The van der Waals surface area contributed by atoms with Gasteiger partial charge in [-0.15, -0.1) is 0 Å². The molecule has 0 unspecified atom stereocenters. The van der Waals surface area contributed by atoms with Gasteiger partial charge in [-0.3, -0.25) is 0 Å².